The number of ether oxygens (including phenoxy) is 1. The molecule has 0 N–H and O–H groups in total. The lowest BCUT2D eigenvalue weighted by molar-refractivity contribution is 0.0921. The molecule has 0 spiro atoms. The Bertz CT molecular complexity index is 692. The summed E-state index contributed by atoms with van der Waals surface area (Å²) in [7, 11) is 0. The van der Waals surface area contributed by atoms with Crippen molar-refractivity contribution in [3.8, 4) is 11.8 Å². The van der Waals surface area contributed by atoms with Crippen LogP contribution in [0.4, 0.5) is 0 Å². The Morgan fingerprint density at radius 2 is 1.76 bits per heavy atom. The van der Waals surface area contributed by atoms with E-state index in [0.29, 0.717) is 16.9 Å². The number of nitriles is 1. The lowest BCUT2D eigenvalue weighted by Gasteiger charge is -2.09. The van der Waals surface area contributed by atoms with Crippen molar-refractivity contribution >= 4 is 21.7 Å². The van der Waals surface area contributed by atoms with E-state index in [1.54, 1.807) is 24.3 Å². The van der Waals surface area contributed by atoms with Crippen molar-refractivity contribution in [3.63, 3.8) is 0 Å². The minimum absolute atomic E-state index is 0.0214. The van der Waals surface area contributed by atoms with Gasteiger partial charge in [0, 0.05) is 10.0 Å². The molecule has 106 valence electrons. The monoisotopic (exact) mass is 343 g/mol. The Labute approximate surface area is 132 Å². The van der Waals surface area contributed by atoms with Crippen molar-refractivity contribution in [2.45, 2.75) is 13.8 Å². The van der Waals surface area contributed by atoms with E-state index in [1.807, 2.05) is 32.0 Å². The van der Waals surface area contributed by atoms with Crippen LogP contribution in [0.1, 0.15) is 27.0 Å². The van der Waals surface area contributed by atoms with Gasteiger partial charge in [0.25, 0.3) is 0 Å². The molecule has 4 heteroatoms. The Balaban J connectivity index is 2.05. The van der Waals surface area contributed by atoms with Gasteiger partial charge in [-0.05, 0) is 61.4 Å². The third kappa shape index (κ3) is 3.71. The first-order valence-electron chi connectivity index (χ1n) is 6.44. The van der Waals surface area contributed by atoms with Gasteiger partial charge in [0.15, 0.2) is 12.4 Å². The van der Waals surface area contributed by atoms with Gasteiger partial charge in [-0.15, -0.1) is 0 Å². The van der Waals surface area contributed by atoms with E-state index in [0.717, 1.165) is 15.6 Å². The van der Waals surface area contributed by atoms with Gasteiger partial charge in [-0.3, -0.25) is 4.79 Å². The van der Waals surface area contributed by atoms with Crippen LogP contribution in [0.25, 0.3) is 0 Å². The molecule has 0 saturated carbocycles. The number of benzene rings is 2. The maximum atomic E-state index is 12.0. The van der Waals surface area contributed by atoms with E-state index >= 15 is 0 Å². The fourth-order valence-electron chi connectivity index (χ4n) is 1.95. The first-order chi connectivity index (χ1) is 10.0. The average molecular weight is 344 g/mol. The maximum absolute atomic E-state index is 12.0. The highest BCUT2D eigenvalue weighted by atomic mass is 79.9. The Morgan fingerprint density at radius 3 is 2.29 bits per heavy atom. The molecule has 2 aromatic rings. The van der Waals surface area contributed by atoms with Gasteiger partial charge in [0.05, 0.1) is 11.6 Å². The van der Waals surface area contributed by atoms with E-state index in [2.05, 4.69) is 15.9 Å². The average Bonchev–Trinajstić information content (AvgIpc) is 2.50. The molecule has 3 nitrogen and oxygen atoms in total. The number of hydrogen-bond acceptors (Lipinski definition) is 3. The van der Waals surface area contributed by atoms with Crippen molar-refractivity contribution in [2.75, 3.05) is 6.61 Å². The highest BCUT2D eigenvalue weighted by Gasteiger charge is 2.08. The summed E-state index contributed by atoms with van der Waals surface area (Å²) in [6.45, 7) is 3.94. The molecular weight excluding hydrogens is 330 g/mol. The fourth-order valence-corrected chi connectivity index (χ4v) is 2.18. The van der Waals surface area contributed by atoms with Crippen LogP contribution in [-0.2, 0) is 0 Å². The third-order valence-corrected chi connectivity index (χ3v) is 4.37. The van der Waals surface area contributed by atoms with Gasteiger partial charge in [0.2, 0.25) is 0 Å². The molecule has 2 aromatic carbocycles. The number of rotatable bonds is 4. The van der Waals surface area contributed by atoms with Gasteiger partial charge < -0.3 is 4.74 Å². The standard InChI is InChI=1S/C17H14BrNO2/c1-11-7-15(8-12(2)17(11)18)21-10-16(20)14-5-3-13(9-19)4-6-14/h3-8H,10H2,1-2H3. The van der Waals surface area contributed by atoms with Crippen LogP contribution in [-0.4, -0.2) is 12.4 Å². The molecule has 2 rings (SSSR count). The van der Waals surface area contributed by atoms with Crippen LogP contribution in [0.2, 0.25) is 0 Å². The molecule has 0 aliphatic rings. The van der Waals surface area contributed by atoms with Gasteiger partial charge in [-0.1, -0.05) is 15.9 Å². The molecule has 0 amide bonds. The van der Waals surface area contributed by atoms with Crippen LogP contribution >= 0.6 is 15.9 Å². The zero-order valence-corrected chi connectivity index (χ0v) is 13.4. The number of hydrogen-bond donors (Lipinski definition) is 0. The van der Waals surface area contributed by atoms with Gasteiger partial charge in [0.1, 0.15) is 5.75 Å². The molecule has 0 bridgehead atoms. The molecule has 0 aliphatic carbocycles. The number of Topliss-reactive ketones (excluding diaryl/α,β-unsaturated/α-hetero) is 1. The smallest absolute Gasteiger partial charge is 0.200 e. The van der Waals surface area contributed by atoms with Crippen LogP contribution in [0.3, 0.4) is 0 Å². The van der Waals surface area contributed by atoms with Gasteiger partial charge in [-0.25, -0.2) is 0 Å². The van der Waals surface area contributed by atoms with E-state index in [9.17, 15) is 4.79 Å². The molecular formula is C17H14BrNO2. The van der Waals surface area contributed by atoms with E-state index < -0.39 is 0 Å². The van der Waals surface area contributed by atoms with Crippen LogP contribution in [0.15, 0.2) is 40.9 Å². The second-order valence-electron chi connectivity index (χ2n) is 4.77. The molecule has 0 fully saturated rings. The van der Waals surface area contributed by atoms with Crippen molar-refractivity contribution in [1.82, 2.24) is 0 Å². The first kappa shape index (κ1) is 15.3. The lowest BCUT2D eigenvalue weighted by atomic mass is 10.1. The molecule has 0 heterocycles. The first-order valence-corrected chi connectivity index (χ1v) is 7.23. The molecule has 0 atom stereocenters. The minimum Gasteiger partial charge on any atom is -0.485 e. The summed E-state index contributed by atoms with van der Waals surface area (Å²) in [5.41, 5.74) is 3.21. The molecule has 0 saturated heterocycles. The van der Waals surface area contributed by atoms with Crippen LogP contribution in [0.5, 0.6) is 5.75 Å². The Morgan fingerprint density at radius 1 is 1.19 bits per heavy atom. The Kier molecular flexibility index (Phi) is 4.77. The van der Waals surface area contributed by atoms with Crippen LogP contribution < -0.4 is 4.74 Å². The summed E-state index contributed by atoms with van der Waals surface area (Å²) >= 11 is 3.49. The zero-order valence-electron chi connectivity index (χ0n) is 11.8. The largest absolute Gasteiger partial charge is 0.485 e. The van der Waals surface area contributed by atoms with Crippen molar-refractivity contribution in [2.24, 2.45) is 0 Å². The molecule has 0 unspecified atom stereocenters. The number of ketones is 1. The van der Waals surface area contributed by atoms with Crippen molar-refractivity contribution < 1.29 is 9.53 Å². The number of halogens is 1. The lowest BCUT2D eigenvalue weighted by Crippen LogP contribution is -2.11. The predicted octanol–water partition coefficient (Wildman–Crippen LogP) is 4.20. The normalized spacial score (nSPS) is 10.0. The summed E-state index contributed by atoms with van der Waals surface area (Å²) in [4.78, 5) is 12.0. The summed E-state index contributed by atoms with van der Waals surface area (Å²) in [6, 6.07) is 12.3. The molecule has 0 aromatic heterocycles. The summed E-state index contributed by atoms with van der Waals surface area (Å²) < 4.78 is 6.61. The van der Waals surface area contributed by atoms with Crippen LogP contribution in [0, 0.1) is 25.2 Å². The number of carbonyl (C=O) groups excluding carboxylic acids is 1. The Hall–Kier alpha value is -2.12. The van der Waals surface area contributed by atoms with Crippen molar-refractivity contribution in [3.05, 3.63) is 63.1 Å². The maximum Gasteiger partial charge on any atom is 0.200 e. The zero-order chi connectivity index (χ0) is 15.4. The van der Waals surface area contributed by atoms with Gasteiger partial charge >= 0.3 is 0 Å². The second kappa shape index (κ2) is 6.55. The number of nitrogens with zero attached hydrogens (tertiary/aromatic N) is 1. The second-order valence-corrected chi connectivity index (χ2v) is 5.57. The SMILES string of the molecule is Cc1cc(OCC(=O)c2ccc(C#N)cc2)cc(C)c1Br. The van der Waals surface area contributed by atoms with E-state index in [1.165, 1.54) is 0 Å². The van der Waals surface area contributed by atoms with Gasteiger partial charge in [-0.2, -0.15) is 5.26 Å². The summed E-state index contributed by atoms with van der Waals surface area (Å²) in [5, 5.41) is 8.73. The molecule has 0 radical (unpaired) electrons. The topological polar surface area (TPSA) is 50.1 Å². The van der Waals surface area contributed by atoms with Crippen molar-refractivity contribution in [1.29, 1.82) is 5.26 Å². The predicted molar refractivity (Wildman–Crippen MR) is 84.6 cm³/mol. The number of carbonyl (C=O) groups is 1. The quantitative estimate of drug-likeness (QED) is 0.781. The third-order valence-electron chi connectivity index (χ3n) is 3.12. The van der Waals surface area contributed by atoms with E-state index in [-0.39, 0.29) is 12.4 Å². The number of aryl methyl sites for hydroxylation is 2. The highest BCUT2D eigenvalue weighted by molar-refractivity contribution is 9.10. The summed E-state index contributed by atoms with van der Waals surface area (Å²) in [6.07, 6.45) is 0. The summed E-state index contributed by atoms with van der Waals surface area (Å²) in [5.74, 6) is 0.563. The van der Waals surface area contributed by atoms with E-state index in [4.69, 9.17) is 10.00 Å². The minimum atomic E-state index is -0.113. The fraction of sp³-hybridized carbons (Fsp3) is 0.176. The molecule has 0 aliphatic heterocycles. The molecule has 21 heavy (non-hydrogen) atoms. The highest BCUT2D eigenvalue weighted by Crippen LogP contribution is 2.26.